The summed E-state index contributed by atoms with van der Waals surface area (Å²) in [4.78, 5) is 12.3. The van der Waals surface area contributed by atoms with E-state index in [2.05, 4.69) is 10.6 Å². The lowest BCUT2D eigenvalue weighted by Crippen LogP contribution is -2.48. The molecule has 1 aromatic carbocycles. The smallest absolute Gasteiger partial charge is 0.244 e. The van der Waals surface area contributed by atoms with Crippen LogP contribution in [0, 0.1) is 13.8 Å². The molecule has 3 nitrogen and oxygen atoms in total. The molecule has 92 valence electrons. The van der Waals surface area contributed by atoms with Gasteiger partial charge in [0.15, 0.2) is 0 Å². The zero-order valence-electron chi connectivity index (χ0n) is 10.8. The van der Waals surface area contributed by atoms with Gasteiger partial charge in [-0.15, -0.1) is 0 Å². The van der Waals surface area contributed by atoms with Crippen LogP contribution in [0.1, 0.15) is 30.9 Å². The van der Waals surface area contributed by atoms with Crippen molar-refractivity contribution in [1.29, 1.82) is 0 Å². The Bertz CT molecular complexity index is 414. The molecule has 1 saturated heterocycles. The van der Waals surface area contributed by atoms with E-state index in [0.29, 0.717) is 0 Å². The van der Waals surface area contributed by atoms with Crippen LogP contribution in [0.25, 0.3) is 0 Å². The molecule has 0 spiro atoms. The maximum absolute atomic E-state index is 12.3. The lowest BCUT2D eigenvalue weighted by molar-refractivity contribution is -0.121. The van der Waals surface area contributed by atoms with Gasteiger partial charge in [0.05, 0.1) is 5.54 Å². The number of carbonyl (C=O) groups is 1. The molecule has 1 aliphatic heterocycles. The van der Waals surface area contributed by atoms with Gasteiger partial charge in [-0.1, -0.05) is 18.2 Å². The third-order valence-corrected chi connectivity index (χ3v) is 3.59. The molecule has 0 aromatic heterocycles. The third kappa shape index (κ3) is 2.34. The fourth-order valence-corrected chi connectivity index (χ4v) is 2.35. The molecular weight excluding hydrogens is 212 g/mol. The summed E-state index contributed by atoms with van der Waals surface area (Å²) in [5.41, 5.74) is 2.77. The van der Waals surface area contributed by atoms with Crippen LogP contribution in [0.15, 0.2) is 18.2 Å². The molecule has 2 N–H and O–H groups in total. The molecule has 3 heteroatoms. The van der Waals surface area contributed by atoms with Gasteiger partial charge in [0.1, 0.15) is 0 Å². The Balaban J connectivity index is 2.18. The van der Waals surface area contributed by atoms with Gasteiger partial charge in [-0.25, -0.2) is 0 Å². The maximum atomic E-state index is 12.3. The van der Waals surface area contributed by atoms with Crippen LogP contribution in [0.5, 0.6) is 0 Å². The molecule has 1 heterocycles. The topological polar surface area (TPSA) is 41.1 Å². The van der Waals surface area contributed by atoms with Gasteiger partial charge in [-0.2, -0.15) is 0 Å². The Morgan fingerprint density at radius 2 is 2.00 bits per heavy atom. The number of para-hydroxylation sites is 1. The zero-order chi connectivity index (χ0) is 12.5. The number of benzene rings is 1. The van der Waals surface area contributed by atoms with E-state index in [1.165, 1.54) is 0 Å². The highest BCUT2D eigenvalue weighted by Gasteiger charge is 2.36. The first-order chi connectivity index (χ1) is 8.03. The lowest BCUT2D eigenvalue weighted by atomic mass is 9.98. The number of amides is 1. The molecule has 17 heavy (non-hydrogen) atoms. The van der Waals surface area contributed by atoms with E-state index in [4.69, 9.17) is 0 Å². The van der Waals surface area contributed by atoms with Crippen molar-refractivity contribution in [2.24, 2.45) is 0 Å². The first-order valence-electron chi connectivity index (χ1n) is 6.16. The molecule has 1 fully saturated rings. The maximum Gasteiger partial charge on any atom is 0.244 e. The van der Waals surface area contributed by atoms with Crippen molar-refractivity contribution in [1.82, 2.24) is 5.32 Å². The largest absolute Gasteiger partial charge is 0.324 e. The SMILES string of the molecule is Cc1cccc(C)c1NC(=O)C1(C)CCCN1. The number of hydrogen-bond acceptors (Lipinski definition) is 2. The summed E-state index contributed by atoms with van der Waals surface area (Å²) < 4.78 is 0. The van der Waals surface area contributed by atoms with Gasteiger partial charge in [0.25, 0.3) is 0 Å². The van der Waals surface area contributed by atoms with Crippen molar-refractivity contribution in [3.8, 4) is 0 Å². The number of nitrogens with one attached hydrogen (secondary N) is 2. The van der Waals surface area contributed by atoms with Crippen LogP contribution >= 0.6 is 0 Å². The predicted octanol–water partition coefficient (Wildman–Crippen LogP) is 2.38. The standard InChI is InChI=1S/C14H20N2O/c1-10-6-4-7-11(2)12(10)16-13(17)14(3)8-5-9-15-14/h4,6-7,15H,5,8-9H2,1-3H3,(H,16,17). The number of anilines is 1. The van der Waals surface area contributed by atoms with E-state index in [-0.39, 0.29) is 5.91 Å². The van der Waals surface area contributed by atoms with Crippen LogP contribution in [-0.4, -0.2) is 18.0 Å². The van der Waals surface area contributed by atoms with Crippen LogP contribution in [0.2, 0.25) is 0 Å². The van der Waals surface area contributed by atoms with Gasteiger partial charge in [-0.05, 0) is 51.3 Å². The fourth-order valence-electron chi connectivity index (χ4n) is 2.35. The Kier molecular flexibility index (Phi) is 3.20. The molecule has 0 radical (unpaired) electrons. The summed E-state index contributed by atoms with van der Waals surface area (Å²) in [6.07, 6.45) is 1.97. The van der Waals surface area contributed by atoms with E-state index in [1.807, 2.05) is 39.0 Å². The zero-order valence-corrected chi connectivity index (χ0v) is 10.8. The Labute approximate surface area is 103 Å². The average molecular weight is 232 g/mol. The molecule has 0 saturated carbocycles. The number of hydrogen-bond donors (Lipinski definition) is 2. The van der Waals surface area contributed by atoms with Crippen LogP contribution in [0.3, 0.4) is 0 Å². The predicted molar refractivity (Wildman–Crippen MR) is 70.2 cm³/mol. The highest BCUT2D eigenvalue weighted by Crippen LogP contribution is 2.24. The normalized spacial score (nSPS) is 23.7. The van der Waals surface area contributed by atoms with Gasteiger partial charge in [-0.3, -0.25) is 4.79 Å². The van der Waals surface area contributed by atoms with E-state index >= 15 is 0 Å². The van der Waals surface area contributed by atoms with E-state index < -0.39 is 5.54 Å². The van der Waals surface area contributed by atoms with Crippen molar-refractivity contribution in [2.45, 2.75) is 39.2 Å². The summed E-state index contributed by atoms with van der Waals surface area (Å²) in [5.74, 6) is 0.0763. The Morgan fingerprint density at radius 1 is 1.35 bits per heavy atom. The second kappa shape index (κ2) is 4.49. The first-order valence-corrected chi connectivity index (χ1v) is 6.16. The molecule has 1 atom stereocenters. The second-order valence-electron chi connectivity index (χ2n) is 5.08. The van der Waals surface area contributed by atoms with Crippen molar-refractivity contribution in [3.63, 3.8) is 0 Å². The minimum atomic E-state index is -0.408. The summed E-state index contributed by atoms with van der Waals surface area (Å²) in [5, 5.41) is 6.34. The molecule has 1 aliphatic rings. The molecule has 1 unspecified atom stereocenters. The van der Waals surface area contributed by atoms with E-state index in [0.717, 1.165) is 36.2 Å². The van der Waals surface area contributed by atoms with Crippen LogP contribution in [0.4, 0.5) is 5.69 Å². The average Bonchev–Trinajstić information content (AvgIpc) is 2.72. The van der Waals surface area contributed by atoms with Crippen molar-refractivity contribution < 1.29 is 4.79 Å². The summed E-state index contributed by atoms with van der Waals surface area (Å²) in [6, 6.07) is 6.05. The minimum Gasteiger partial charge on any atom is -0.324 e. The Morgan fingerprint density at radius 3 is 2.53 bits per heavy atom. The monoisotopic (exact) mass is 232 g/mol. The Hall–Kier alpha value is -1.35. The van der Waals surface area contributed by atoms with Crippen molar-refractivity contribution in [3.05, 3.63) is 29.3 Å². The quantitative estimate of drug-likeness (QED) is 0.822. The number of aryl methyl sites for hydroxylation is 2. The fraction of sp³-hybridized carbons (Fsp3) is 0.500. The first kappa shape index (κ1) is 12.1. The highest BCUT2D eigenvalue weighted by atomic mass is 16.2. The van der Waals surface area contributed by atoms with E-state index in [9.17, 15) is 4.79 Å². The molecule has 0 bridgehead atoms. The van der Waals surface area contributed by atoms with E-state index in [1.54, 1.807) is 0 Å². The minimum absolute atomic E-state index is 0.0763. The van der Waals surface area contributed by atoms with Crippen molar-refractivity contribution in [2.75, 3.05) is 11.9 Å². The van der Waals surface area contributed by atoms with Crippen molar-refractivity contribution >= 4 is 11.6 Å². The summed E-state index contributed by atoms with van der Waals surface area (Å²) in [7, 11) is 0. The van der Waals surface area contributed by atoms with Gasteiger partial charge in [0.2, 0.25) is 5.91 Å². The number of rotatable bonds is 2. The molecule has 1 aromatic rings. The molecule has 0 aliphatic carbocycles. The highest BCUT2D eigenvalue weighted by molar-refractivity contribution is 5.99. The summed E-state index contributed by atoms with van der Waals surface area (Å²) >= 11 is 0. The van der Waals surface area contributed by atoms with Crippen LogP contribution < -0.4 is 10.6 Å². The lowest BCUT2D eigenvalue weighted by Gasteiger charge is -2.24. The third-order valence-electron chi connectivity index (χ3n) is 3.59. The number of carbonyl (C=O) groups excluding carboxylic acids is 1. The van der Waals surface area contributed by atoms with Gasteiger partial charge in [0, 0.05) is 5.69 Å². The molecule has 1 amide bonds. The molecular formula is C14H20N2O. The second-order valence-corrected chi connectivity index (χ2v) is 5.08. The van der Waals surface area contributed by atoms with Gasteiger partial charge < -0.3 is 10.6 Å². The molecule has 2 rings (SSSR count). The van der Waals surface area contributed by atoms with Gasteiger partial charge >= 0.3 is 0 Å². The van der Waals surface area contributed by atoms with Crippen LogP contribution in [-0.2, 0) is 4.79 Å². The summed E-state index contributed by atoms with van der Waals surface area (Å²) in [6.45, 7) is 6.94.